The van der Waals surface area contributed by atoms with Gasteiger partial charge in [0.1, 0.15) is 0 Å². The standard InChI is InChI=1S/2C7H8N4O.2C2H4O2.Ni.4H2O/c2*8-7(12)11-10-5-6-2-1-3-9-4-6;2*1-2(3)4;;;;;/h2*1-5H,(H3,8,11,12);2*1H3,(H,3,4);;4*1H2/q;;;;+2;;;;/p+2/b2*10-5+;;;;;;;. The molecule has 18 nitrogen and oxygen atoms in total. The van der Waals surface area contributed by atoms with Crippen molar-refractivity contribution in [3.8, 4) is 0 Å². The van der Waals surface area contributed by atoms with Gasteiger partial charge in [-0.2, -0.15) is 10.2 Å². The van der Waals surface area contributed by atoms with Crippen LogP contribution in [0.4, 0.5) is 9.59 Å². The van der Waals surface area contributed by atoms with Crippen LogP contribution in [0.2, 0.25) is 0 Å². The van der Waals surface area contributed by atoms with E-state index in [1.165, 1.54) is 12.4 Å². The first-order valence-electron chi connectivity index (χ1n) is 8.36. The van der Waals surface area contributed by atoms with Crippen LogP contribution in [0, 0.1) is 0 Å². The Morgan fingerprint density at radius 3 is 1.22 bits per heavy atom. The van der Waals surface area contributed by atoms with E-state index in [2.05, 4.69) is 31.0 Å². The first-order valence-corrected chi connectivity index (χ1v) is 8.36. The van der Waals surface area contributed by atoms with Gasteiger partial charge >= 0.3 is 28.6 Å². The Morgan fingerprint density at radius 2 is 1.03 bits per heavy atom. The molecule has 0 spiro atoms. The topological polar surface area (TPSA) is 373 Å². The quantitative estimate of drug-likeness (QED) is 0.116. The largest absolute Gasteiger partial charge is 2.00 e. The first-order chi connectivity index (χ1) is 15.0. The van der Waals surface area contributed by atoms with Gasteiger partial charge in [-0.1, -0.05) is 12.1 Å². The van der Waals surface area contributed by atoms with Crippen molar-refractivity contribution in [3.05, 3.63) is 60.2 Å². The van der Waals surface area contributed by atoms with Gasteiger partial charge in [0, 0.05) is 47.9 Å². The van der Waals surface area contributed by atoms with Crippen molar-refractivity contribution in [1.82, 2.24) is 20.8 Å². The van der Waals surface area contributed by atoms with Crippen LogP contribution in [0.25, 0.3) is 0 Å². The average Bonchev–Trinajstić information content (AvgIpc) is 2.69. The first kappa shape index (κ1) is 49.6. The minimum Gasteiger partial charge on any atom is -0.550 e. The van der Waals surface area contributed by atoms with Crippen molar-refractivity contribution in [1.29, 1.82) is 0 Å². The fraction of sp³-hybridized carbons (Fsp3) is 0.111. The normalized spacial score (nSPS) is 7.84. The molecule has 0 fully saturated rings. The minimum atomic E-state index is -1.08. The van der Waals surface area contributed by atoms with Gasteiger partial charge in [0.05, 0.1) is 12.4 Å². The summed E-state index contributed by atoms with van der Waals surface area (Å²) in [7, 11) is 0. The molecule has 2 rings (SSSR count). The smallest absolute Gasteiger partial charge is 0.550 e. The molecule has 0 aliphatic rings. The Hall–Kier alpha value is -4.55. The van der Waals surface area contributed by atoms with Crippen LogP contribution in [0.1, 0.15) is 25.0 Å². The average molecular weight is 581 g/mol. The van der Waals surface area contributed by atoms with Gasteiger partial charge in [0.2, 0.25) is 0 Å². The van der Waals surface area contributed by atoms with Crippen LogP contribution in [0.15, 0.2) is 59.3 Å². The van der Waals surface area contributed by atoms with Gasteiger partial charge in [-0.15, -0.1) is 0 Å². The Bertz CT molecular complexity index is 809. The summed E-state index contributed by atoms with van der Waals surface area (Å²) in [6.45, 7) is 1.94. The number of amides is 4. The summed E-state index contributed by atoms with van der Waals surface area (Å²) in [6, 6.07) is 5.78. The number of aromatic nitrogens is 2. The van der Waals surface area contributed by atoms with Crippen molar-refractivity contribution in [2.24, 2.45) is 21.7 Å². The number of urea groups is 2. The molecule has 2 aromatic heterocycles. The van der Waals surface area contributed by atoms with Crippen LogP contribution >= 0.6 is 0 Å². The number of rotatable bonds is 4. The summed E-state index contributed by atoms with van der Waals surface area (Å²) in [4.78, 5) is 45.8. The van der Waals surface area contributed by atoms with Gasteiger partial charge in [0.15, 0.2) is 0 Å². The monoisotopic (exact) mass is 580 g/mol. The zero-order valence-corrected chi connectivity index (χ0v) is 20.8. The van der Waals surface area contributed by atoms with Gasteiger partial charge in [0.25, 0.3) is 0 Å². The van der Waals surface area contributed by atoms with E-state index in [-0.39, 0.29) is 38.4 Å². The second-order valence-electron chi connectivity index (χ2n) is 5.02. The Kier molecular flexibility index (Phi) is 45.0. The number of nitrogens with zero attached hydrogens (tertiary/aromatic N) is 4. The van der Waals surface area contributed by atoms with Crippen molar-refractivity contribution in [3.63, 3.8) is 0 Å². The maximum atomic E-state index is 10.2. The molecule has 0 saturated carbocycles. The molecule has 0 bridgehead atoms. The Balaban J connectivity index is -0.0000000685. The second kappa shape index (κ2) is 33.6. The predicted molar refractivity (Wildman–Crippen MR) is 130 cm³/mol. The third kappa shape index (κ3) is 49.6. The predicted octanol–water partition coefficient (Wildman–Crippen LogP) is -6.01. The molecular formula is C18H34N8NiO10+4. The molecule has 0 aliphatic carbocycles. The molecule has 4 amide bonds. The summed E-state index contributed by atoms with van der Waals surface area (Å²) >= 11 is 0. The number of primary amides is 2. The summed E-state index contributed by atoms with van der Waals surface area (Å²) < 4.78 is 0. The van der Waals surface area contributed by atoms with E-state index < -0.39 is 24.0 Å². The molecule has 0 radical (unpaired) electrons. The van der Waals surface area contributed by atoms with E-state index in [9.17, 15) is 9.59 Å². The number of pyridine rings is 2. The molecular weight excluding hydrogens is 547 g/mol. The fourth-order valence-corrected chi connectivity index (χ4v) is 1.25. The molecule has 0 atom stereocenters. The molecule has 19 heteroatoms. The van der Waals surface area contributed by atoms with E-state index >= 15 is 0 Å². The number of nitrogens with two attached hydrogens (primary N) is 2. The van der Waals surface area contributed by atoms with Gasteiger partial charge < -0.3 is 53.2 Å². The molecule has 18 N–H and O–H groups in total. The summed E-state index contributed by atoms with van der Waals surface area (Å²) in [5.74, 6) is -2.17. The SMILES string of the molecule is CC(=O)[O-].CC(=O)[O-].NC(=O)N/N=C/c1cccnc1.NC(=O)N/N=C/c1cccnc1.[Ni+2].[OH3+].[OH3+].[OH3+].[OH3+]. The summed E-state index contributed by atoms with van der Waals surface area (Å²) in [6.07, 6.45) is 9.45. The minimum absolute atomic E-state index is 0. The van der Waals surface area contributed by atoms with Crippen molar-refractivity contribution >= 4 is 36.4 Å². The zero-order chi connectivity index (χ0) is 24.8. The number of carboxylic acid groups (broad SMARTS) is 2. The number of carbonyl (C=O) groups excluding carboxylic acids is 4. The molecule has 0 saturated heterocycles. The van der Waals surface area contributed by atoms with Crippen LogP contribution in [-0.4, -0.2) is 46.4 Å². The van der Waals surface area contributed by atoms with E-state index in [1.807, 2.05) is 0 Å². The molecule has 0 aliphatic heterocycles. The number of hydrogen-bond acceptors (Lipinski definition) is 10. The molecule has 2 aromatic rings. The molecule has 37 heavy (non-hydrogen) atoms. The number of carbonyl (C=O) groups is 4. The summed E-state index contributed by atoms with van der Waals surface area (Å²) in [5.41, 5.74) is 15.3. The van der Waals surface area contributed by atoms with Crippen LogP contribution in [0.5, 0.6) is 0 Å². The number of aliphatic carboxylic acids is 2. The second-order valence-corrected chi connectivity index (χ2v) is 5.02. The van der Waals surface area contributed by atoms with Gasteiger partial charge in [-0.3, -0.25) is 9.97 Å². The Morgan fingerprint density at radius 1 is 0.757 bits per heavy atom. The van der Waals surface area contributed by atoms with Crippen LogP contribution in [0.3, 0.4) is 0 Å². The number of hydrogen-bond donors (Lipinski definition) is 4. The maximum absolute atomic E-state index is 10.2. The summed E-state index contributed by atoms with van der Waals surface area (Å²) in [5, 5.41) is 24.9. The molecule has 0 aromatic carbocycles. The third-order valence-electron chi connectivity index (χ3n) is 2.15. The number of nitrogens with one attached hydrogen (secondary N) is 2. The van der Waals surface area contributed by atoms with Crippen molar-refractivity contribution < 1.29 is 67.8 Å². The number of hydrazone groups is 2. The van der Waals surface area contributed by atoms with Crippen molar-refractivity contribution in [2.45, 2.75) is 13.8 Å². The third-order valence-corrected chi connectivity index (χ3v) is 2.15. The van der Waals surface area contributed by atoms with Gasteiger partial charge in [-0.05, 0) is 26.0 Å². The van der Waals surface area contributed by atoms with Crippen LogP contribution in [-0.2, 0) is 48.0 Å². The van der Waals surface area contributed by atoms with Crippen LogP contribution < -0.4 is 32.5 Å². The van der Waals surface area contributed by atoms with Gasteiger partial charge in [-0.25, -0.2) is 20.4 Å². The molecule has 0 unspecified atom stereocenters. The van der Waals surface area contributed by atoms with E-state index in [0.29, 0.717) is 0 Å². The fourth-order valence-electron chi connectivity index (χ4n) is 1.25. The maximum Gasteiger partial charge on any atom is 2.00 e. The van der Waals surface area contributed by atoms with E-state index in [4.69, 9.17) is 31.3 Å². The molecule has 2 heterocycles. The molecule has 212 valence electrons. The van der Waals surface area contributed by atoms with Crippen molar-refractivity contribution in [2.75, 3.05) is 0 Å². The number of carboxylic acids is 2. The van der Waals surface area contributed by atoms with E-state index in [1.54, 1.807) is 49.1 Å². The van der Waals surface area contributed by atoms with E-state index in [0.717, 1.165) is 25.0 Å². The Labute approximate surface area is 221 Å². The zero-order valence-electron chi connectivity index (χ0n) is 19.8.